The Morgan fingerprint density at radius 2 is 1.05 bits per heavy atom. The van der Waals surface area contributed by atoms with Crippen molar-refractivity contribution >= 4 is 27.2 Å². The predicted molar refractivity (Wildman–Crippen MR) is 223 cm³/mol. The molecule has 282 valence electrons. The molecule has 0 saturated heterocycles. The van der Waals surface area contributed by atoms with E-state index < -0.39 is 0 Å². The van der Waals surface area contributed by atoms with Gasteiger partial charge in [-0.3, -0.25) is 48.7 Å². The van der Waals surface area contributed by atoms with Crippen LogP contribution in [0.25, 0.3) is 45.2 Å². The predicted octanol–water partition coefficient (Wildman–Crippen LogP) is 8.40. The van der Waals surface area contributed by atoms with Crippen molar-refractivity contribution in [3.05, 3.63) is 167 Å². The number of hydrogen-bond acceptors (Lipinski definition) is 10. The highest BCUT2D eigenvalue weighted by molar-refractivity contribution is 9.10. The Labute approximate surface area is 338 Å². The maximum absolute atomic E-state index is 4.72. The van der Waals surface area contributed by atoms with E-state index in [1.165, 1.54) is 16.7 Å². The average molecular weight is 816 g/mol. The summed E-state index contributed by atoms with van der Waals surface area (Å²) in [6.07, 6.45) is 27.0. The van der Waals surface area contributed by atoms with Crippen molar-refractivity contribution in [2.45, 2.75) is 53.4 Å². The number of imidazole rings is 2. The third-order valence-electron chi connectivity index (χ3n) is 9.69. The van der Waals surface area contributed by atoms with E-state index in [0.29, 0.717) is 0 Å². The van der Waals surface area contributed by atoms with Crippen LogP contribution in [0.15, 0.2) is 122 Å². The molecule has 0 aliphatic rings. The second kappa shape index (κ2) is 16.6. The molecule has 0 fully saturated rings. The number of hydrogen-bond donors (Lipinski definition) is 0. The molecule has 0 aromatic carbocycles. The van der Waals surface area contributed by atoms with Gasteiger partial charge in [-0.15, -0.1) is 0 Å². The summed E-state index contributed by atoms with van der Waals surface area (Å²) in [4.78, 5) is 44.6. The van der Waals surface area contributed by atoms with Gasteiger partial charge in [-0.2, -0.15) is 0 Å². The van der Waals surface area contributed by atoms with E-state index in [1.54, 1.807) is 24.8 Å². The number of nitrogens with zero attached hydrogens (tertiary/aromatic N) is 12. The first kappa shape index (κ1) is 37.3. The third kappa shape index (κ3) is 8.33. The van der Waals surface area contributed by atoms with E-state index in [-0.39, 0.29) is 0 Å². The van der Waals surface area contributed by atoms with Crippen LogP contribution in [0.5, 0.6) is 0 Å². The van der Waals surface area contributed by atoms with E-state index in [4.69, 9.17) is 9.97 Å². The Balaban J connectivity index is 0.000000162. The molecule has 0 atom stereocenters. The monoisotopic (exact) mass is 814 g/mol. The molecule has 0 amide bonds. The molecule has 9 aromatic rings. The number of pyridine rings is 4. The van der Waals surface area contributed by atoms with Crippen molar-refractivity contribution in [2.75, 3.05) is 0 Å². The van der Waals surface area contributed by atoms with Crippen LogP contribution in [-0.4, -0.2) is 58.6 Å². The molecule has 9 heterocycles. The molecular formula is C44H39BrN12. The highest BCUT2D eigenvalue weighted by Crippen LogP contribution is 2.25. The summed E-state index contributed by atoms with van der Waals surface area (Å²) in [5, 5.41) is 0. The molecule has 0 aliphatic carbocycles. The lowest BCUT2D eigenvalue weighted by Crippen LogP contribution is -2.01. The van der Waals surface area contributed by atoms with Crippen molar-refractivity contribution in [1.29, 1.82) is 0 Å². The first-order chi connectivity index (χ1) is 27.8. The maximum atomic E-state index is 4.72. The zero-order chi connectivity index (χ0) is 39.3. The molecule has 0 radical (unpaired) electrons. The van der Waals surface area contributed by atoms with Gasteiger partial charge in [0.05, 0.1) is 47.1 Å². The summed E-state index contributed by atoms with van der Waals surface area (Å²) in [6.45, 7) is 8.19. The fraction of sp³-hybridized carbons (Fsp3) is 0.182. The molecule has 0 aliphatic heterocycles. The fourth-order valence-electron chi connectivity index (χ4n) is 6.94. The first-order valence-corrected chi connectivity index (χ1v) is 19.4. The highest BCUT2D eigenvalue weighted by atomic mass is 79.9. The Bertz CT molecular complexity index is 2830. The summed E-state index contributed by atoms with van der Waals surface area (Å²) in [5.41, 5.74) is 16.3. The fourth-order valence-corrected chi connectivity index (χ4v) is 7.33. The topological polar surface area (TPSA) is 138 Å². The number of aryl methyl sites for hydroxylation is 8. The Morgan fingerprint density at radius 1 is 0.491 bits per heavy atom. The van der Waals surface area contributed by atoms with Crippen LogP contribution in [-0.2, 0) is 25.7 Å². The van der Waals surface area contributed by atoms with Crippen molar-refractivity contribution in [2.24, 2.45) is 0 Å². The zero-order valence-electron chi connectivity index (χ0n) is 32.0. The smallest absolute Gasteiger partial charge is 0.159 e. The van der Waals surface area contributed by atoms with Crippen molar-refractivity contribution < 1.29 is 0 Å². The van der Waals surface area contributed by atoms with E-state index in [1.807, 2.05) is 90.6 Å². The Morgan fingerprint density at radius 3 is 1.60 bits per heavy atom. The first-order valence-electron chi connectivity index (χ1n) is 18.6. The Hall–Kier alpha value is -6.60. The van der Waals surface area contributed by atoms with Crippen LogP contribution < -0.4 is 0 Å². The highest BCUT2D eigenvalue weighted by Gasteiger charge is 2.13. The minimum absolute atomic E-state index is 0.774. The van der Waals surface area contributed by atoms with Gasteiger partial charge in [-0.1, -0.05) is 12.1 Å². The molecule has 0 unspecified atom stereocenters. The van der Waals surface area contributed by atoms with Gasteiger partial charge in [0.15, 0.2) is 11.3 Å². The summed E-state index contributed by atoms with van der Waals surface area (Å²) in [6, 6.07) is 12.5. The van der Waals surface area contributed by atoms with Crippen LogP contribution in [0.4, 0.5) is 0 Å². The van der Waals surface area contributed by atoms with Crippen LogP contribution >= 0.6 is 15.9 Å². The van der Waals surface area contributed by atoms with Gasteiger partial charge in [-0.05, 0) is 116 Å². The van der Waals surface area contributed by atoms with Crippen LogP contribution in [0.2, 0.25) is 0 Å². The summed E-state index contributed by atoms with van der Waals surface area (Å²) in [7, 11) is 0. The van der Waals surface area contributed by atoms with Gasteiger partial charge in [0.25, 0.3) is 0 Å². The number of aromatic nitrogens is 12. The van der Waals surface area contributed by atoms with E-state index in [0.717, 1.165) is 104 Å². The number of rotatable bonds is 9. The zero-order valence-corrected chi connectivity index (χ0v) is 33.6. The van der Waals surface area contributed by atoms with Crippen LogP contribution in [0, 0.1) is 27.7 Å². The lowest BCUT2D eigenvalue weighted by atomic mass is 10.0. The van der Waals surface area contributed by atoms with E-state index in [2.05, 4.69) is 93.9 Å². The average Bonchev–Trinajstić information content (AvgIpc) is 3.84. The molecule has 12 nitrogen and oxygen atoms in total. The molecule has 13 heteroatoms. The van der Waals surface area contributed by atoms with Crippen molar-refractivity contribution in [3.8, 4) is 33.9 Å². The Kier molecular flexibility index (Phi) is 10.9. The van der Waals surface area contributed by atoms with Gasteiger partial charge < -0.3 is 0 Å². The van der Waals surface area contributed by atoms with E-state index >= 15 is 0 Å². The molecular weight excluding hydrogens is 776 g/mol. The van der Waals surface area contributed by atoms with Gasteiger partial charge in [0.2, 0.25) is 0 Å². The quantitative estimate of drug-likeness (QED) is 0.140. The van der Waals surface area contributed by atoms with Crippen LogP contribution in [0.3, 0.4) is 0 Å². The van der Waals surface area contributed by atoms with Crippen LogP contribution in [0.1, 0.15) is 45.0 Å². The molecule has 0 saturated carbocycles. The minimum Gasteiger partial charge on any atom is -0.295 e. The SMILES string of the molecule is Cc1cc(-c2ncc(CCc3nccn4c(-c5cnccn5)cnc34)cc2C)ccn1.Cc1cc(-c2ncc(CCc3nccn4c(Br)cnc34)cc2C)ccn1. The van der Waals surface area contributed by atoms with E-state index in [9.17, 15) is 0 Å². The summed E-state index contributed by atoms with van der Waals surface area (Å²) >= 11 is 3.50. The largest absolute Gasteiger partial charge is 0.295 e. The van der Waals surface area contributed by atoms with Gasteiger partial charge in [-0.25, -0.2) is 9.97 Å². The number of halogens is 1. The molecule has 57 heavy (non-hydrogen) atoms. The molecule has 0 N–H and O–H groups in total. The molecule has 9 aromatic heterocycles. The van der Waals surface area contributed by atoms with Gasteiger partial charge in [0.1, 0.15) is 10.3 Å². The lowest BCUT2D eigenvalue weighted by molar-refractivity contribution is 0.893. The maximum Gasteiger partial charge on any atom is 0.159 e. The number of fused-ring (bicyclic) bond motifs is 2. The van der Waals surface area contributed by atoms with Gasteiger partial charge in [0, 0.05) is 84.5 Å². The lowest BCUT2D eigenvalue weighted by Gasteiger charge is -2.09. The molecule has 9 rings (SSSR count). The van der Waals surface area contributed by atoms with Crippen molar-refractivity contribution in [3.63, 3.8) is 0 Å². The summed E-state index contributed by atoms with van der Waals surface area (Å²) < 4.78 is 4.96. The normalized spacial score (nSPS) is 11.2. The minimum atomic E-state index is 0.774. The summed E-state index contributed by atoms with van der Waals surface area (Å²) in [5.74, 6) is 0. The second-order valence-corrected chi connectivity index (χ2v) is 14.7. The van der Waals surface area contributed by atoms with Crippen molar-refractivity contribution in [1.82, 2.24) is 58.6 Å². The standard InChI is InChI=1S/C24H21N7.C20H18BrN5/c1-16-11-18(13-29-23(16)19-5-6-26-17(2)12-19)3-4-20-24-30-15-22(31(24)10-9-28-20)21-14-25-7-8-27-21;1-13-9-15(11-24-19(13)16-5-6-22-14(2)10-16)3-4-17-20-25-12-18(21)26(20)8-7-23-17/h5-15H,3-4H2,1-2H3;5-12H,3-4H2,1-2H3. The third-order valence-corrected chi connectivity index (χ3v) is 10.3. The second-order valence-electron chi connectivity index (χ2n) is 13.8. The molecule has 0 bridgehead atoms. The molecule has 0 spiro atoms. The van der Waals surface area contributed by atoms with Gasteiger partial charge >= 0.3 is 0 Å².